The second-order valence-electron chi connectivity index (χ2n) is 7.62. The number of carbonyl (C=O) groups excluding carboxylic acids is 1. The fourth-order valence-corrected chi connectivity index (χ4v) is 4.13. The molecule has 1 aliphatic rings. The van der Waals surface area contributed by atoms with Crippen molar-refractivity contribution in [3.8, 4) is 11.5 Å². The fourth-order valence-electron chi connectivity index (χ4n) is 4.13. The third-order valence-electron chi connectivity index (χ3n) is 5.93. The first-order valence-electron chi connectivity index (χ1n) is 10.3. The minimum absolute atomic E-state index is 0.0151. The fraction of sp³-hybridized carbons (Fsp3) is 0.320. The molecule has 3 aromatic carbocycles. The van der Waals surface area contributed by atoms with E-state index in [0.717, 1.165) is 47.1 Å². The van der Waals surface area contributed by atoms with Crippen molar-refractivity contribution in [3.63, 3.8) is 0 Å². The molecule has 1 N–H and O–H groups in total. The topological polar surface area (TPSA) is 47.6 Å². The molecule has 0 fully saturated rings. The Balaban J connectivity index is 1.49. The highest BCUT2D eigenvalue weighted by Crippen LogP contribution is 2.42. The van der Waals surface area contributed by atoms with Gasteiger partial charge in [-0.05, 0) is 30.4 Å². The average molecular weight is 389 g/mol. The molecule has 0 radical (unpaired) electrons. The Hall–Kier alpha value is -3.01. The molecule has 1 aliphatic heterocycles. The lowest BCUT2D eigenvalue weighted by Gasteiger charge is -2.41. The van der Waals surface area contributed by atoms with Crippen molar-refractivity contribution in [3.05, 3.63) is 72.3 Å². The summed E-state index contributed by atoms with van der Waals surface area (Å²) < 4.78 is 12.2. The van der Waals surface area contributed by atoms with Gasteiger partial charge < -0.3 is 14.8 Å². The van der Waals surface area contributed by atoms with Gasteiger partial charge >= 0.3 is 0 Å². The predicted molar refractivity (Wildman–Crippen MR) is 115 cm³/mol. The smallest absolute Gasteiger partial charge is 0.258 e. The summed E-state index contributed by atoms with van der Waals surface area (Å²) >= 11 is 0. The Morgan fingerprint density at radius 2 is 1.76 bits per heavy atom. The molecule has 4 heteroatoms. The number of carbonyl (C=O) groups is 1. The maximum Gasteiger partial charge on any atom is 0.258 e. The predicted octanol–water partition coefficient (Wildman–Crippen LogP) is 5.42. The molecule has 29 heavy (non-hydrogen) atoms. The highest BCUT2D eigenvalue weighted by atomic mass is 16.5. The van der Waals surface area contributed by atoms with E-state index in [4.69, 9.17) is 9.47 Å². The molecule has 4 rings (SSSR count). The SMILES string of the molecule is CCC1(CC)C[C@H](NC(=O)COc2cccc3ccccc23)c2ccccc2O1. The maximum atomic E-state index is 12.7. The summed E-state index contributed by atoms with van der Waals surface area (Å²) in [4.78, 5) is 12.7. The van der Waals surface area contributed by atoms with Crippen molar-refractivity contribution in [2.24, 2.45) is 0 Å². The summed E-state index contributed by atoms with van der Waals surface area (Å²) in [5.41, 5.74) is 0.784. The highest BCUT2D eigenvalue weighted by Gasteiger charge is 2.38. The summed E-state index contributed by atoms with van der Waals surface area (Å²) in [5, 5.41) is 5.28. The van der Waals surface area contributed by atoms with Crippen LogP contribution in [0.4, 0.5) is 0 Å². The van der Waals surface area contributed by atoms with Crippen LogP contribution in [0.5, 0.6) is 11.5 Å². The van der Waals surface area contributed by atoms with Crippen LogP contribution in [-0.2, 0) is 4.79 Å². The number of fused-ring (bicyclic) bond motifs is 2. The number of para-hydroxylation sites is 1. The van der Waals surface area contributed by atoms with Gasteiger partial charge in [-0.3, -0.25) is 4.79 Å². The molecule has 150 valence electrons. The molecule has 0 aromatic heterocycles. The molecule has 0 aliphatic carbocycles. The van der Waals surface area contributed by atoms with Crippen molar-refractivity contribution in [1.82, 2.24) is 5.32 Å². The van der Waals surface area contributed by atoms with Gasteiger partial charge in [0, 0.05) is 17.4 Å². The number of benzene rings is 3. The molecule has 0 unspecified atom stereocenters. The number of hydrogen-bond donors (Lipinski definition) is 1. The number of amides is 1. The van der Waals surface area contributed by atoms with Crippen molar-refractivity contribution in [2.45, 2.75) is 44.8 Å². The Morgan fingerprint density at radius 3 is 2.59 bits per heavy atom. The number of rotatable bonds is 6. The third-order valence-corrected chi connectivity index (χ3v) is 5.93. The van der Waals surface area contributed by atoms with Crippen LogP contribution in [0.1, 0.15) is 44.7 Å². The van der Waals surface area contributed by atoms with Gasteiger partial charge in [-0.25, -0.2) is 0 Å². The molecular formula is C25H27NO3. The summed E-state index contributed by atoms with van der Waals surface area (Å²) in [6.45, 7) is 4.26. The van der Waals surface area contributed by atoms with E-state index >= 15 is 0 Å². The zero-order valence-electron chi connectivity index (χ0n) is 17.0. The van der Waals surface area contributed by atoms with Crippen LogP contribution in [0.2, 0.25) is 0 Å². The first-order valence-corrected chi connectivity index (χ1v) is 10.3. The van der Waals surface area contributed by atoms with Gasteiger partial charge in [-0.2, -0.15) is 0 Å². The maximum absolute atomic E-state index is 12.7. The summed E-state index contributed by atoms with van der Waals surface area (Å²) in [6, 6.07) is 21.8. The van der Waals surface area contributed by atoms with Crippen molar-refractivity contribution < 1.29 is 14.3 Å². The van der Waals surface area contributed by atoms with Gasteiger partial charge in [0.15, 0.2) is 6.61 Å². The first-order chi connectivity index (χ1) is 14.1. The van der Waals surface area contributed by atoms with E-state index in [2.05, 4.69) is 19.2 Å². The molecule has 0 spiro atoms. The Kier molecular flexibility index (Phi) is 5.43. The molecule has 4 nitrogen and oxygen atoms in total. The normalized spacial score (nSPS) is 17.2. The lowest BCUT2D eigenvalue weighted by Crippen LogP contribution is -2.45. The van der Waals surface area contributed by atoms with Gasteiger partial charge in [0.1, 0.15) is 17.1 Å². The molecular weight excluding hydrogens is 362 g/mol. The van der Waals surface area contributed by atoms with Crippen molar-refractivity contribution in [1.29, 1.82) is 0 Å². The van der Waals surface area contributed by atoms with Crippen LogP contribution in [-0.4, -0.2) is 18.1 Å². The largest absolute Gasteiger partial charge is 0.487 e. The zero-order chi connectivity index (χ0) is 20.3. The molecule has 0 saturated heterocycles. The lowest BCUT2D eigenvalue weighted by atomic mass is 9.83. The lowest BCUT2D eigenvalue weighted by molar-refractivity contribution is -0.124. The van der Waals surface area contributed by atoms with Crippen LogP contribution in [0, 0.1) is 0 Å². The first kappa shape index (κ1) is 19.3. The van der Waals surface area contributed by atoms with E-state index in [-0.39, 0.29) is 24.2 Å². The van der Waals surface area contributed by atoms with Crippen LogP contribution in [0.3, 0.4) is 0 Å². The average Bonchev–Trinajstić information content (AvgIpc) is 2.77. The Morgan fingerprint density at radius 1 is 1.03 bits per heavy atom. The Bertz CT molecular complexity index is 1000. The molecule has 1 atom stereocenters. The number of nitrogens with one attached hydrogen (secondary N) is 1. The number of ether oxygens (including phenoxy) is 2. The van der Waals surface area contributed by atoms with Gasteiger partial charge in [0.05, 0.1) is 6.04 Å². The van der Waals surface area contributed by atoms with Crippen LogP contribution in [0.25, 0.3) is 10.8 Å². The van der Waals surface area contributed by atoms with Gasteiger partial charge in [-0.15, -0.1) is 0 Å². The molecule has 1 heterocycles. The van der Waals surface area contributed by atoms with Crippen LogP contribution >= 0.6 is 0 Å². The summed E-state index contributed by atoms with van der Waals surface area (Å²) in [7, 11) is 0. The highest BCUT2D eigenvalue weighted by molar-refractivity contribution is 5.88. The minimum atomic E-state index is -0.247. The van der Waals surface area contributed by atoms with Gasteiger partial charge in [-0.1, -0.05) is 68.4 Å². The summed E-state index contributed by atoms with van der Waals surface area (Å²) in [5.74, 6) is 1.46. The monoisotopic (exact) mass is 389 g/mol. The van der Waals surface area contributed by atoms with Gasteiger partial charge in [0.25, 0.3) is 5.91 Å². The zero-order valence-corrected chi connectivity index (χ0v) is 17.0. The van der Waals surface area contributed by atoms with E-state index < -0.39 is 0 Å². The second kappa shape index (κ2) is 8.16. The second-order valence-corrected chi connectivity index (χ2v) is 7.62. The van der Waals surface area contributed by atoms with E-state index in [1.807, 2.05) is 66.7 Å². The standard InChI is InChI=1S/C25H27NO3/c1-3-25(4-2)16-21(20-13-7-8-14-23(20)29-25)26-24(27)17-28-22-15-9-11-18-10-5-6-12-19(18)22/h5-15,21H,3-4,16-17H2,1-2H3,(H,26,27)/t21-/m0/s1. The van der Waals surface area contributed by atoms with E-state index in [1.54, 1.807) is 0 Å². The van der Waals surface area contributed by atoms with Crippen molar-refractivity contribution >= 4 is 16.7 Å². The minimum Gasteiger partial charge on any atom is -0.487 e. The van der Waals surface area contributed by atoms with Crippen LogP contribution < -0.4 is 14.8 Å². The Labute approximate surface area is 171 Å². The third kappa shape index (κ3) is 3.93. The molecule has 0 bridgehead atoms. The molecule has 3 aromatic rings. The summed E-state index contributed by atoms with van der Waals surface area (Å²) in [6.07, 6.45) is 2.56. The quantitative estimate of drug-likeness (QED) is 0.612. The molecule has 0 saturated carbocycles. The van der Waals surface area contributed by atoms with Crippen molar-refractivity contribution in [2.75, 3.05) is 6.61 Å². The van der Waals surface area contributed by atoms with Gasteiger partial charge in [0.2, 0.25) is 0 Å². The number of hydrogen-bond acceptors (Lipinski definition) is 3. The van der Waals surface area contributed by atoms with E-state index in [9.17, 15) is 4.79 Å². The van der Waals surface area contributed by atoms with E-state index in [1.165, 1.54) is 0 Å². The van der Waals surface area contributed by atoms with Crippen LogP contribution in [0.15, 0.2) is 66.7 Å². The molecule has 1 amide bonds. The van der Waals surface area contributed by atoms with E-state index in [0.29, 0.717) is 0 Å².